The molecule has 3 saturated carbocycles. The van der Waals surface area contributed by atoms with Crippen molar-refractivity contribution in [1.82, 2.24) is 0 Å². The summed E-state index contributed by atoms with van der Waals surface area (Å²) in [5, 5.41) is 28.6. The Labute approximate surface area is 331 Å². The third-order valence-electron chi connectivity index (χ3n) is 21.6. The SMILES string of the molecule is C1=CC23C4CC(c5ccccc54)C24C=CC2c5ccc6c7c8c9c(c%10ccc%11c1c1c%12c%13c%14c%15c(c5c6c8c%15c%13c9c%10c%11%12)C2C4C=%14C13)C1C2CC(c3ccccc32)C71. The minimum Gasteiger partial charge on any atom is -0.0797 e. The van der Waals surface area contributed by atoms with E-state index in [9.17, 15) is 0 Å². The monoisotopic (exact) mass is 726 g/mol. The number of benzene rings is 7. The molecule has 0 nitrogen and oxygen atoms in total. The van der Waals surface area contributed by atoms with Crippen LogP contribution < -0.4 is 5.22 Å². The molecule has 58 heavy (non-hydrogen) atoms. The van der Waals surface area contributed by atoms with Gasteiger partial charge in [0.15, 0.2) is 0 Å². The second kappa shape index (κ2) is 6.78. The fraction of sp³-hybridized carbons (Fsp3) is 0.241. The van der Waals surface area contributed by atoms with Gasteiger partial charge in [0.25, 0.3) is 0 Å². The van der Waals surface area contributed by atoms with Gasteiger partial charge in [-0.3, -0.25) is 0 Å². The third kappa shape index (κ3) is 1.76. The van der Waals surface area contributed by atoms with Crippen molar-refractivity contribution >= 4 is 97.8 Å². The molecule has 12 unspecified atom stereocenters. The second-order valence-corrected chi connectivity index (χ2v) is 21.8. The molecule has 3 fully saturated rings. The Kier molecular flexibility index (Phi) is 2.99. The Morgan fingerprint density at radius 2 is 1.05 bits per heavy atom. The van der Waals surface area contributed by atoms with E-state index in [0.29, 0.717) is 59.2 Å². The van der Waals surface area contributed by atoms with E-state index in [1.807, 2.05) is 11.1 Å². The van der Waals surface area contributed by atoms with Crippen LogP contribution in [-0.4, -0.2) is 0 Å². The number of hydrogen-bond donors (Lipinski definition) is 0. The lowest BCUT2D eigenvalue weighted by atomic mass is 9.47. The first-order valence-electron chi connectivity index (χ1n) is 22.7. The molecule has 0 aromatic heterocycles. The first-order valence-corrected chi connectivity index (χ1v) is 22.7. The molecule has 0 radical (unpaired) electrons. The van der Waals surface area contributed by atoms with E-state index in [2.05, 4.69) is 97.1 Å². The lowest BCUT2D eigenvalue weighted by molar-refractivity contribution is 0.0988. The summed E-state index contributed by atoms with van der Waals surface area (Å²) in [6, 6.07) is 30.2. The maximum absolute atomic E-state index is 2.93. The molecule has 11 aromatic carbocycles. The maximum atomic E-state index is 2.93. The molecular formula is C58H30. The van der Waals surface area contributed by atoms with Crippen LogP contribution in [0.15, 0.2) is 91.0 Å². The van der Waals surface area contributed by atoms with Gasteiger partial charge in [0.05, 0.1) is 0 Å². The van der Waals surface area contributed by atoms with Gasteiger partial charge in [-0.25, -0.2) is 0 Å². The van der Waals surface area contributed by atoms with Gasteiger partial charge in [-0.05, 0) is 207 Å². The molecule has 0 aliphatic heterocycles. The van der Waals surface area contributed by atoms with E-state index < -0.39 is 0 Å². The van der Waals surface area contributed by atoms with Crippen LogP contribution in [0.25, 0.3) is 97.8 Å². The summed E-state index contributed by atoms with van der Waals surface area (Å²) >= 11 is 0. The highest BCUT2D eigenvalue weighted by Gasteiger charge is 2.80. The van der Waals surface area contributed by atoms with Crippen LogP contribution in [0.3, 0.4) is 0 Å². The lowest BCUT2D eigenvalue weighted by Crippen LogP contribution is -2.48. The molecule has 0 heterocycles. The summed E-state index contributed by atoms with van der Waals surface area (Å²) in [7, 11) is 0. The molecule has 4 bridgehead atoms. The molecular weight excluding hydrogens is 697 g/mol. The number of allylic oxidation sites excluding steroid dienone is 3. The average Bonchev–Trinajstić information content (AvgIpc) is 4.13. The van der Waals surface area contributed by atoms with Gasteiger partial charge in [-0.15, -0.1) is 0 Å². The predicted molar refractivity (Wildman–Crippen MR) is 234 cm³/mol. The Balaban J connectivity index is 1.08. The highest BCUT2D eigenvalue weighted by Crippen LogP contribution is 2.90. The first-order chi connectivity index (χ1) is 28.8. The van der Waals surface area contributed by atoms with Gasteiger partial charge in [-0.1, -0.05) is 97.1 Å². The van der Waals surface area contributed by atoms with Crippen molar-refractivity contribution in [2.75, 3.05) is 0 Å². The molecule has 0 N–H and O–H groups in total. The van der Waals surface area contributed by atoms with Crippen LogP contribution in [0.2, 0.25) is 0 Å². The fourth-order valence-corrected chi connectivity index (χ4v) is 21.1. The van der Waals surface area contributed by atoms with Crippen molar-refractivity contribution in [2.45, 2.75) is 66.1 Å². The van der Waals surface area contributed by atoms with E-state index in [1.165, 1.54) is 12.8 Å². The topological polar surface area (TPSA) is 0 Å². The Morgan fingerprint density at radius 3 is 1.83 bits per heavy atom. The van der Waals surface area contributed by atoms with E-state index in [0.717, 1.165) is 0 Å². The van der Waals surface area contributed by atoms with Gasteiger partial charge in [-0.2, -0.15) is 0 Å². The molecule has 22 rings (SSSR count). The highest BCUT2D eigenvalue weighted by atomic mass is 14.8. The average molecular weight is 727 g/mol. The molecule has 262 valence electrons. The normalized spacial score (nSPS) is 37.8. The Hall–Kier alpha value is -5.72. The van der Waals surface area contributed by atoms with Gasteiger partial charge >= 0.3 is 0 Å². The summed E-state index contributed by atoms with van der Waals surface area (Å²) in [5.41, 5.74) is 19.2. The van der Waals surface area contributed by atoms with Gasteiger partial charge in [0.2, 0.25) is 0 Å². The van der Waals surface area contributed by atoms with Crippen LogP contribution in [0.4, 0.5) is 0 Å². The van der Waals surface area contributed by atoms with Crippen molar-refractivity contribution in [1.29, 1.82) is 0 Å². The summed E-state index contributed by atoms with van der Waals surface area (Å²) in [6.07, 6.45) is 14.0. The van der Waals surface area contributed by atoms with E-state index in [-0.39, 0.29) is 10.8 Å². The second-order valence-electron chi connectivity index (χ2n) is 21.8. The van der Waals surface area contributed by atoms with Crippen LogP contribution in [0.1, 0.15) is 122 Å². The predicted octanol–water partition coefficient (Wildman–Crippen LogP) is 13.2. The zero-order chi connectivity index (χ0) is 35.7. The Bertz CT molecular complexity index is 4220. The number of fused-ring (bicyclic) bond motifs is 19. The van der Waals surface area contributed by atoms with Crippen molar-refractivity contribution < 1.29 is 0 Å². The molecule has 0 amide bonds. The van der Waals surface area contributed by atoms with Crippen molar-refractivity contribution in [3.8, 4) is 0 Å². The minimum absolute atomic E-state index is 0.0824. The van der Waals surface area contributed by atoms with Gasteiger partial charge < -0.3 is 0 Å². The van der Waals surface area contributed by atoms with Crippen molar-refractivity contribution in [2.24, 2.45) is 16.7 Å². The molecule has 0 heteroatoms. The molecule has 12 atom stereocenters. The van der Waals surface area contributed by atoms with E-state index >= 15 is 0 Å². The summed E-state index contributed by atoms with van der Waals surface area (Å²) in [4.78, 5) is 0. The zero-order valence-electron chi connectivity index (χ0n) is 31.4. The summed E-state index contributed by atoms with van der Waals surface area (Å²) in [6.45, 7) is 0. The standard InChI is InChI=1S/C58H30/c1-2-6-20-19(5-1)29-17-30(20)40-38-28-12-10-24-26-14-16-58-32-18-31(21-7-3-4-8-22(21)32)57(58)15-13-25-23-9-11-27-35-33(23)43-41(25)55(57)54-53-49(43)51-47(35)45(37(27)39(29)40)46(38)48-36(28)34(24)44(42(26)56(54)58)50(53)52(48)51/h1-16,25,29-32,39-41,55-56H,17-18H2. The Morgan fingerprint density at radius 1 is 0.431 bits per heavy atom. The molecule has 11 aliphatic rings. The molecule has 2 spiro atoms. The highest BCUT2D eigenvalue weighted by molar-refractivity contribution is 6.55. The van der Waals surface area contributed by atoms with E-state index in [4.69, 9.17) is 0 Å². The maximum Gasteiger partial charge on any atom is 0.0179 e. The van der Waals surface area contributed by atoms with Gasteiger partial charge in [0, 0.05) is 28.6 Å². The molecule has 11 aliphatic carbocycles. The first kappa shape index (κ1) is 25.6. The molecule has 0 saturated heterocycles. The van der Waals surface area contributed by atoms with Crippen LogP contribution in [-0.2, 0) is 0 Å². The number of rotatable bonds is 0. The largest absolute Gasteiger partial charge is 0.0797 e. The third-order valence-corrected chi connectivity index (χ3v) is 21.6. The van der Waals surface area contributed by atoms with Crippen LogP contribution in [0, 0.1) is 16.7 Å². The quantitative estimate of drug-likeness (QED) is 0.108. The summed E-state index contributed by atoms with van der Waals surface area (Å²) in [5.74, 6) is 5.49. The van der Waals surface area contributed by atoms with Crippen molar-refractivity contribution in [3.63, 3.8) is 0 Å². The lowest BCUT2D eigenvalue weighted by Gasteiger charge is -2.55. The smallest absolute Gasteiger partial charge is 0.0179 e. The van der Waals surface area contributed by atoms with Gasteiger partial charge in [0.1, 0.15) is 0 Å². The zero-order valence-corrected chi connectivity index (χ0v) is 31.4. The number of hydrogen-bond acceptors (Lipinski definition) is 0. The van der Waals surface area contributed by atoms with Crippen molar-refractivity contribution in [3.05, 3.63) is 152 Å². The molecule has 11 aromatic rings. The van der Waals surface area contributed by atoms with Crippen LogP contribution in [0.5, 0.6) is 0 Å². The van der Waals surface area contributed by atoms with E-state index in [1.54, 1.807) is 141 Å². The summed E-state index contributed by atoms with van der Waals surface area (Å²) < 4.78 is 0. The fourth-order valence-electron chi connectivity index (χ4n) is 21.1. The minimum atomic E-state index is 0.0824. The van der Waals surface area contributed by atoms with Crippen LogP contribution >= 0.6 is 0 Å².